The third-order valence-electron chi connectivity index (χ3n) is 7.93. The van der Waals surface area contributed by atoms with E-state index in [0.29, 0.717) is 21.8 Å². The van der Waals surface area contributed by atoms with E-state index in [-0.39, 0.29) is 17.1 Å². The zero-order valence-electron chi connectivity index (χ0n) is 18.7. The lowest BCUT2D eigenvalue weighted by molar-refractivity contribution is -0.00555. The van der Waals surface area contributed by atoms with E-state index in [9.17, 15) is 9.59 Å². The smallest absolute Gasteiger partial charge is 0.259 e. The summed E-state index contributed by atoms with van der Waals surface area (Å²) in [6, 6.07) is 16.1. The fourth-order valence-corrected chi connectivity index (χ4v) is 7.76. The Morgan fingerprint density at radius 2 is 1.36 bits per heavy atom. The van der Waals surface area contributed by atoms with Crippen LogP contribution in [0.15, 0.2) is 54.6 Å². The highest BCUT2D eigenvalue weighted by Gasteiger charge is 2.53. The van der Waals surface area contributed by atoms with Crippen LogP contribution in [0.3, 0.4) is 0 Å². The van der Waals surface area contributed by atoms with Crippen molar-refractivity contribution in [3.8, 4) is 0 Å². The number of aromatic nitrogens is 2. The first kappa shape index (κ1) is 20.7. The van der Waals surface area contributed by atoms with Gasteiger partial charge >= 0.3 is 0 Å². The van der Waals surface area contributed by atoms with Crippen molar-refractivity contribution >= 4 is 28.2 Å². The molecule has 7 rings (SSSR count). The molecule has 0 atom stereocenters. The lowest BCUT2D eigenvalue weighted by Gasteiger charge is -2.55. The second kappa shape index (κ2) is 7.87. The molecule has 4 bridgehead atoms. The van der Waals surface area contributed by atoms with Crippen molar-refractivity contribution in [1.29, 1.82) is 0 Å². The molecule has 3 aromatic rings. The van der Waals surface area contributed by atoms with Crippen molar-refractivity contribution in [2.45, 2.75) is 43.9 Å². The van der Waals surface area contributed by atoms with Gasteiger partial charge in [-0.2, -0.15) is 0 Å². The second-order valence-corrected chi connectivity index (χ2v) is 11.2. The zero-order valence-corrected chi connectivity index (χ0v) is 19.6. The maximum atomic E-state index is 13.1. The van der Waals surface area contributed by atoms with Crippen LogP contribution in [0.1, 0.15) is 69.8 Å². The number of ketones is 1. The molecular formula is C27H27N3O2S. The Morgan fingerprint density at radius 1 is 0.818 bits per heavy atom. The average molecular weight is 458 g/mol. The summed E-state index contributed by atoms with van der Waals surface area (Å²) < 4.78 is 0. The van der Waals surface area contributed by atoms with Crippen LogP contribution in [0.25, 0.3) is 0 Å². The van der Waals surface area contributed by atoms with Gasteiger partial charge in [0.15, 0.2) is 5.78 Å². The Kier molecular flexibility index (Phi) is 4.94. The summed E-state index contributed by atoms with van der Waals surface area (Å²) in [5.74, 6) is 2.36. The minimum Gasteiger partial charge on any atom is -0.289 e. The molecule has 0 saturated heterocycles. The van der Waals surface area contributed by atoms with Gasteiger partial charge < -0.3 is 0 Å². The number of benzene rings is 2. The molecule has 2 aromatic carbocycles. The lowest BCUT2D eigenvalue weighted by Crippen LogP contribution is -2.48. The van der Waals surface area contributed by atoms with Crippen molar-refractivity contribution in [2.75, 3.05) is 11.9 Å². The van der Waals surface area contributed by atoms with E-state index in [1.165, 1.54) is 38.5 Å². The number of carbonyl (C=O) groups excluding carboxylic acids is 2. The Bertz CT molecular complexity index is 1170. The summed E-state index contributed by atoms with van der Waals surface area (Å²) >= 11 is 1.59. The molecule has 5 nitrogen and oxygen atoms in total. The maximum absolute atomic E-state index is 13.1. The Labute approximate surface area is 197 Å². The van der Waals surface area contributed by atoms with Crippen LogP contribution in [-0.2, 0) is 5.41 Å². The second-order valence-electron chi connectivity index (χ2n) is 10.2. The number of rotatable bonds is 5. The van der Waals surface area contributed by atoms with Gasteiger partial charge in [0.2, 0.25) is 5.13 Å². The number of amides is 1. The van der Waals surface area contributed by atoms with Crippen LogP contribution >= 0.6 is 11.3 Å². The first-order chi connectivity index (χ1) is 16.0. The van der Waals surface area contributed by atoms with Crippen LogP contribution < -0.4 is 4.90 Å². The number of anilines is 1. The molecule has 4 aliphatic carbocycles. The molecule has 33 heavy (non-hydrogen) atoms. The lowest BCUT2D eigenvalue weighted by atomic mass is 9.50. The van der Waals surface area contributed by atoms with Crippen molar-refractivity contribution < 1.29 is 9.59 Å². The topological polar surface area (TPSA) is 63.2 Å². The zero-order chi connectivity index (χ0) is 22.6. The minimum absolute atomic E-state index is 0.0488. The van der Waals surface area contributed by atoms with Gasteiger partial charge in [-0.3, -0.25) is 14.5 Å². The van der Waals surface area contributed by atoms with Gasteiger partial charge in [0.25, 0.3) is 5.91 Å². The molecule has 168 valence electrons. The van der Waals surface area contributed by atoms with E-state index < -0.39 is 0 Å². The van der Waals surface area contributed by atoms with Gasteiger partial charge in [-0.25, -0.2) is 0 Å². The summed E-state index contributed by atoms with van der Waals surface area (Å²) in [4.78, 5) is 27.4. The molecule has 4 fully saturated rings. The Morgan fingerprint density at radius 3 is 1.97 bits per heavy atom. The minimum atomic E-state index is -0.137. The van der Waals surface area contributed by atoms with Crippen molar-refractivity contribution in [3.63, 3.8) is 0 Å². The van der Waals surface area contributed by atoms with Crippen LogP contribution in [0.2, 0.25) is 0 Å². The predicted molar refractivity (Wildman–Crippen MR) is 129 cm³/mol. The Balaban J connectivity index is 1.19. The number of carbonyl (C=O) groups is 2. The van der Waals surface area contributed by atoms with Crippen molar-refractivity contribution in [3.05, 3.63) is 76.3 Å². The third-order valence-corrected chi connectivity index (χ3v) is 9.17. The molecule has 1 amide bonds. The van der Waals surface area contributed by atoms with Crippen LogP contribution in [0.5, 0.6) is 0 Å². The van der Waals surface area contributed by atoms with Gasteiger partial charge in [-0.15, -0.1) is 10.2 Å². The third kappa shape index (κ3) is 3.61. The quantitative estimate of drug-likeness (QED) is 0.474. The van der Waals surface area contributed by atoms with Crippen LogP contribution in [0.4, 0.5) is 5.13 Å². The molecule has 1 heterocycles. The molecule has 1 aromatic heterocycles. The van der Waals surface area contributed by atoms with Gasteiger partial charge in [0.1, 0.15) is 5.01 Å². The molecule has 6 heteroatoms. The fourth-order valence-electron chi connectivity index (χ4n) is 6.74. The van der Waals surface area contributed by atoms with Gasteiger partial charge in [0, 0.05) is 29.2 Å². The van der Waals surface area contributed by atoms with E-state index >= 15 is 0 Å². The number of hydrogen-bond donors (Lipinski definition) is 0. The number of nitrogens with zero attached hydrogens (tertiary/aromatic N) is 3. The molecule has 0 N–H and O–H groups in total. The molecule has 0 unspecified atom stereocenters. The van der Waals surface area contributed by atoms with Crippen LogP contribution in [0, 0.1) is 17.8 Å². The first-order valence-corrected chi connectivity index (χ1v) is 12.6. The van der Waals surface area contributed by atoms with Crippen LogP contribution in [-0.4, -0.2) is 28.9 Å². The SMILES string of the molecule is CN(C(=O)c1ccc(C(=O)c2ccccc2)cc1)c1nnc(C23CC4CC(CC(C4)C2)C3)s1. The summed E-state index contributed by atoms with van der Waals surface area (Å²) in [5, 5.41) is 10.8. The molecule has 4 aliphatic rings. The highest BCUT2D eigenvalue weighted by atomic mass is 32.1. The highest BCUT2D eigenvalue weighted by Crippen LogP contribution is 2.61. The van der Waals surface area contributed by atoms with Gasteiger partial charge in [-0.1, -0.05) is 53.8 Å². The van der Waals surface area contributed by atoms with Crippen molar-refractivity contribution in [2.24, 2.45) is 17.8 Å². The highest BCUT2D eigenvalue weighted by molar-refractivity contribution is 7.15. The molecule has 4 saturated carbocycles. The summed E-state index contributed by atoms with van der Waals surface area (Å²) in [6.07, 6.45) is 7.90. The Hall–Kier alpha value is -2.86. The maximum Gasteiger partial charge on any atom is 0.259 e. The van der Waals surface area contributed by atoms with Gasteiger partial charge in [-0.05, 0) is 68.4 Å². The summed E-state index contributed by atoms with van der Waals surface area (Å²) in [7, 11) is 1.76. The molecule has 0 spiro atoms. The molecular weight excluding hydrogens is 430 g/mol. The van der Waals surface area contributed by atoms with E-state index in [1.54, 1.807) is 59.7 Å². The average Bonchev–Trinajstić information content (AvgIpc) is 3.34. The standard InChI is InChI=1S/C27H27N3O2S/c1-30(24(32)22-9-7-21(8-10-22)23(31)20-5-3-2-4-6-20)26-29-28-25(33-26)27-14-17-11-18(15-27)13-19(12-17)16-27/h2-10,17-19H,11-16H2,1H3. The normalized spacial score (nSPS) is 27.5. The predicted octanol–water partition coefficient (Wildman–Crippen LogP) is 5.51. The fraction of sp³-hybridized carbons (Fsp3) is 0.407. The summed E-state index contributed by atoms with van der Waals surface area (Å²) in [6.45, 7) is 0. The number of hydrogen-bond acceptors (Lipinski definition) is 5. The monoisotopic (exact) mass is 457 g/mol. The van der Waals surface area contributed by atoms with E-state index in [4.69, 9.17) is 0 Å². The molecule has 0 radical (unpaired) electrons. The van der Waals surface area contributed by atoms with Gasteiger partial charge in [0.05, 0.1) is 0 Å². The first-order valence-electron chi connectivity index (χ1n) is 11.8. The molecule has 0 aliphatic heterocycles. The van der Waals surface area contributed by atoms with E-state index in [1.807, 2.05) is 18.2 Å². The van der Waals surface area contributed by atoms with E-state index in [2.05, 4.69) is 10.2 Å². The van der Waals surface area contributed by atoms with Crippen molar-refractivity contribution in [1.82, 2.24) is 10.2 Å². The summed E-state index contributed by atoms with van der Waals surface area (Å²) in [5.41, 5.74) is 1.93. The van der Waals surface area contributed by atoms with E-state index in [0.717, 1.165) is 22.8 Å². The largest absolute Gasteiger partial charge is 0.289 e.